The third kappa shape index (κ3) is 2.88. The van der Waals surface area contributed by atoms with Gasteiger partial charge in [0.25, 0.3) is 0 Å². The van der Waals surface area contributed by atoms with Gasteiger partial charge in [0, 0.05) is 22.7 Å². The van der Waals surface area contributed by atoms with E-state index in [-0.39, 0.29) is 5.78 Å². The number of hydrogen-bond acceptors (Lipinski definition) is 3. The molecule has 1 N–H and O–H groups in total. The zero-order valence-corrected chi connectivity index (χ0v) is 12.7. The maximum atomic E-state index is 12.4. The van der Waals surface area contributed by atoms with Crippen LogP contribution in [0.5, 0.6) is 0 Å². The van der Waals surface area contributed by atoms with Crippen molar-refractivity contribution < 1.29 is 4.79 Å². The third-order valence-corrected chi connectivity index (χ3v) is 4.49. The predicted octanol–water partition coefficient (Wildman–Crippen LogP) is 4.84. The second kappa shape index (κ2) is 6.19. The molecular formula is C18H17NOS. The minimum atomic E-state index is 0.126. The maximum Gasteiger partial charge on any atom is 0.200 e. The minimum Gasteiger partial charge on any atom is -0.385 e. The molecule has 0 aromatic heterocycles. The number of benzene rings is 2. The predicted molar refractivity (Wildman–Crippen MR) is 89.8 cm³/mol. The van der Waals surface area contributed by atoms with Crippen LogP contribution in [0.2, 0.25) is 0 Å². The molecule has 0 fully saturated rings. The Labute approximate surface area is 129 Å². The molecule has 0 spiro atoms. The van der Waals surface area contributed by atoms with Gasteiger partial charge in [-0.1, -0.05) is 49.0 Å². The van der Waals surface area contributed by atoms with Crippen molar-refractivity contribution in [3.63, 3.8) is 0 Å². The fraction of sp³-hybridized carbons (Fsp3) is 0.167. The Bertz CT molecular complexity index is 706. The van der Waals surface area contributed by atoms with Crippen LogP contribution in [0.1, 0.15) is 29.3 Å². The summed E-state index contributed by atoms with van der Waals surface area (Å²) in [7, 11) is 0. The quantitative estimate of drug-likeness (QED) is 0.818. The summed E-state index contributed by atoms with van der Waals surface area (Å²) < 4.78 is 0. The van der Waals surface area contributed by atoms with Crippen molar-refractivity contribution in [3.05, 3.63) is 64.6 Å². The van der Waals surface area contributed by atoms with E-state index in [9.17, 15) is 4.79 Å². The lowest BCUT2D eigenvalue weighted by Gasteiger charge is -2.08. The molecule has 2 nitrogen and oxygen atoms in total. The second-order valence-electron chi connectivity index (χ2n) is 4.95. The summed E-state index contributed by atoms with van der Waals surface area (Å²) in [5.41, 5.74) is 2.96. The largest absolute Gasteiger partial charge is 0.385 e. The SMILES string of the molecule is CCCNc1ccccc1C=C1Sc2ccccc2C1=O. The number of Topliss-reactive ketones (excluding diaryl/α,β-unsaturated/α-hetero) is 1. The monoisotopic (exact) mass is 295 g/mol. The molecule has 0 saturated carbocycles. The molecule has 106 valence electrons. The number of rotatable bonds is 4. The van der Waals surface area contributed by atoms with Gasteiger partial charge in [-0.3, -0.25) is 4.79 Å². The normalized spacial score (nSPS) is 15.3. The van der Waals surface area contributed by atoms with Crippen molar-refractivity contribution in [1.82, 2.24) is 0 Å². The van der Waals surface area contributed by atoms with E-state index in [4.69, 9.17) is 0 Å². The topological polar surface area (TPSA) is 29.1 Å². The van der Waals surface area contributed by atoms with Crippen molar-refractivity contribution in [2.24, 2.45) is 0 Å². The van der Waals surface area contributed by atoms with Gasteiger partial charge in [0.05, 0.1) is 4.91 Å². The Morgan fingerprint density at radius 3 is 2.67 bits per heavy atom. The molecule has 0 amide bonds. The Morgan fingerprint density at radius 1 is 1.10 bits per heavy atom. The first-order chi connectivity index (χ1) is 10.3. The van der Waals surface area contributed by atoms with Crippen molar-refractivity contribution in [2.45, 2.75) is 18.2 Å². The molecular weight excluding hydrogens is 278 g/mol. The van der Waals surface area contributed by atoms with Gasteiger partial charge >= 0.3 is 0 Å². The number of carbonyl (C=O) groups is 1. The van der Waals surface area contributed by atoms with E-state index in [1.165, 1.54) is 0 Å². The summed E-state index contributed by atoms with van der Waals surface area (Å²) >= 11 is 1.56. The molecule has 0 aliphatic carbocycles. The first kappa shape index (κ1) is 14.0. The smallest absolute Gasteiger partial charge is 0.200 e. The summed E-state index contributed by atoms with van der Waals surface area (Å²) in [5.74, 6) is 0.126. The van der Waals surface area contributed by atoms with Crippen molar-refractivity contribution in [3.8, 4) is 0 Å². The number of para-hydroxylation sites is 1. The summed E-state index contributed by atoms with van der Waals surface area (Å²) in [6, 6.07) is 15.9. The number of ketones is 1. The van der Waals surface area contributed by atoms with Crippen molar-refractivity contribution in [2.75, 3.05) is 11.9 Å². The van der Waals surface area contributed by atoms with E-state index in [1.54, 1.807) is 11.8 Å². The molecule has 3 heteroatoms. The van der Waals surface area contributed by atoms with Crippen LogP contribution in [0.4, 0.5) is 5.69 Å². The van der Waals surface area contributed by atoms with Crippen LogP contribution in [0.15, 0.2) is 58.3 Å². The van der Waals surface area contributed by atoms with Crippen LogP contribution in [-0.2, 0) is 0 Å². The van der Waals surface area contributed by atoms with Gasteiger partial charge in [-0.2, -0.15) is 0 Å². The fourth-order valence-corrected chi connectivity index (χ4v) is 3.36. The highest BCUT2D eigenvalue weighted by Crippen LogP contribution is 2.41. The average molecular weight is 295 g/mol. The molecule has 21 heavy (non-hydrogen) atoms. The summed E-state index contributed by atoms with van der Waals surface area (Å²) in [6.45, 7) is 3.07. The lowest BCUT2D eigenvalue weighted by Crippen LogP contribution is -2.01. The highest BCUT2D eigenvalue weighted by atomic mass is 32.2. The van der Waals surface area contributed by atoms with Gasteiger partial charge in [-0.15, -0.1) is 0 Å². The van der Waals surface area contributed by atoms with E-state index >= 15 is 0 Å². The van der Waals surface area contributed by atoms with E-state index in [2.05, 4.69) is 18.3 Å². The van der Waals surface area contributed by atoms with Crippen LogP contribution in [0.25, 0.3) is 6.08 Å². The first-order valence-corrected chi connectivity index (χ1v) is 7.97. The Balaban J connectivity index is 1.92. The summed E-state index contributed by atoms with van der Waals surface area (Å²) in [5, 5.41) is 3.41. The number of fused-ring (bicyclic) bond motifs is 1. The first-order valence-electron chi connectivity index (χ1n) is 7.16. The molecule has 2 aromatic carbocycles. The van der Waals surface area contributed by atoms with Gasteiger partial charge in [0.1, 0.15) is 0 Å². The Kier molecular flexibility index (Phi) is 4.11. The molecule has 3 rings (SSSR count). The van der Waals surface area contributed by atoms with Gasteiger partial charge in [0.2, 0.25) is 5.78 Å². The van der Waals surface area contributed by atoms with E-state index in [0.717, 1.165) is 39.6 Å². The zero-order chi connectivity index (χ0) is 14.7. The number of thioether (sulfide) groups is 1. The highest BCUT2D eigenvalue weighted by Gasteiger charge is 2.25. The number of hydrogen-bond donors (Lipinski definition) is 1. The zero-order valence-electron chi connectivity index (χ0n) is 11.9. The molecule has 1 aliphatic rings. The third-order valence-electron chi connectivity index (χ3n) is 3.39. The van der Waals surface area contributed by atoms with Crippen LogP contribution >= 0.6 is 11.8 Å². The molecule has 0 saturated heterocycles. The average Bonchev–Trinajstić information content (AvgIpc) is 2.83. The van der Waals surface area contributed by atoms with Crippen molar-refractivity contribution >= 4 is 29.3 Å². The van der Waals surface area contributed by atoms with Crippen molar-refractivity contribution in [1.29, 1.82) is 0 Å². The van der Waals surface area contributed by atoms with Crippen LogP contribution < -0.4 is 5.32 Å². The number of nitrogens with one attached hydrogen (secondary N) is 1. The summed E-state index contributed by atoms with van der Waals surface area (Å²) in [4.78, 5) is 14.3. The summed E-state index contributed by atoms with van der Waals surface area (Å²) in [6.07, 6.45) is 3.06. The molecule has 1 heterocycles. The fourth-order valence-electron chi connectivity index (χ4n) is 2.32. The molecule has 0 radical (unpaired) electrons. The highest BCUT2D eigenvalue weighted by molar-refractivity contribution is 8.04. The second-order valence-corrected chi connectivity index (χ2v) is 6.03. The maximum absolute atomic E-state index is 12.4. The Morgan fingerprint density at radius 2 is 1.86 bits per heavy atom. The molecule has 2 aromatic rings. The number of carbonyl (C=O) groups excluding carboxylic acids is 1. The lowest BCUT2D eigenvalue weighted by molar-refractivity contribution is 0.104. The van der Waals surface area contributed by atoms with Crippen LogP contribution in [-0.4, -0.2) is 12.3 Å². The van der Waals surface area contributed by atoms with E-state index < -0.39 is 0 Å². The van der Waals surface area contributed by atoms with Gasteiger partial charge in [0.15, 0.2) is 0 Å². The van der Waals surface area contributed by atoms with E-state index in [0.29, 0.717) is 0 Å². The van der Waals surface area contributed by atoms with Gasteiger partial charge in [-0.25, -0.2) is 0 Å². The molecule has 0 bridgehead atoms. The molecule has 0 unspecified atom stereocenters. The minimum absolute atomic E-state index is 0.126. The van der Waals surface area contributed by atoms with Gasteiger partial charge < -0.3 is 5.32 Å². The number of anilines is 1. The standard InChI is InChI=1S/C18H17NOS/c1-2-11-19-15-9-5-3-7-13(15)12-17-18(20)14-8-4-6-10-16(14)21-17/h3-10,12,19H,2,11H2,1H3. The molecule has 0 atom stereocenters. The van der Waals surface area contributed by atoms with E-state index in [1.807, 2.05) is 48.5 Å². The van der Waals surface area contributed by atoms with Crippen LogP contribution in [0, 0.1) is 0 Å². The number of allylic oxidation sites excluding steroid dienone is 1. The Hall–Kier alpha value is -2.00. The van der Waals surface area contributed by atoms with Gasteiger partial charge in [-0.05, 0) is 36.3 Å². The molecule has 1 aliphatic heterocycles. The van der Waals surface area contributed by atoms with Crippen LogP contribution in [0.3, 0.4) is 0 Å². The lowest BCUT2D eigenvalue weighted by atomic mass is 10.1.